The van der Waals surface area contributed by atoms with E-state index in [0.717, 1.165) is 5.56 Å². The van der Waals surface area contributed by atoms with Gasteiger partial charge < -0.3 is 15.1 Å². The van der Waals surface area contributed by atoms with Crippen molar-refractivity contribution in [1.82, 2.24) is 10.2 Å². The normalized spacial score (nSPS) is 15.0. The Bertz CT molecular complexity index is 550. The van der Waals surface area contributed by atoms with Crippen molar-refractivity contribution in [2.75, 3.05) is 25.5 Å². The van der Waals surface area contributed by atoms with Crippen molar-refractivity contribution >= 4 is 17.5 Å². The highest BCUT2D eigenvalue weighted by molar-refractivity contribution is 5.83. The van der Waals surface area contributed by atoms with Gasteiger partial charge in [-0.05, 0) is 30.5 Å². The second kappa shape index (κ2) is 8.71. The Morgan fingerprint density at radius 1 is 1.08 bits per heavy atom. The maximum absolute atomic E-state index is 11.8. The number of hydrogen-bond acceptors (Lipinski definition) is 3. The van der Waals surface area contributed by atoms with E-state index in [9.17, 15) is 9.59 Å². The Kier molecular flexibility index (Phi) is 6.64. The number of nitrogens with one attached hydrogen (secondary N) is 1. The SMILES string of the molecule is CC(=O)N(C)CC(=O)NCc1ccc(N(C)C2CCCCC2)cc1. The summed E-state index contributed by atoms with van der Waals surface area (Å²) in [7, 11) is 3.79. The van der Waals surface area contributed by atoms with Crippen LogP contribution in [0.15, 0.2) is 24.3 Å². The van der Waals surface area contributed by atoms with E-state index in [1.807, 2.05) is 0 Å². The van der Waals surface area contributed by atoms with Crippen molar-refractivity contribution < 1.29 is 9.59 Å². The molecule has 0 atom stereocenters. The summed E-state index contributed by atoms with van der Waals surface area (Å²) in [5, 5.41) is 2.85. The van der Waals surface area contributed by atoms with Crippen molar-refractivity contribution in [3.05, 3.63) is 29.8 Å². The van der Waals surface area contributed by atoms with Gasteiger partial charge in [-0.15, -0.1) is 0 Å². The lowest BCUT2D eigenvalue weighted by Gasteiger charge is -2.33. The number of hydrogen-bond donors (Lipinski definition) is 1. The second-order valence-electron chi connectivity index (χ2n) is 6.72. The number of carbonyl (C=O) groups is 2. The van der Waals surface area contributed by atoms with Crippen LogP contribution in [0.25, 0.3) is 0 Å². The molecule has 0 spiro atoms. The number of carbonyl (C=O) groups excluding carboxylic acids is 2. The number of anilines is 1. The van der Waals surface area contributed by atoms with Gasteiger partial charge in [-0.2, -0.15) is 0 Å². The van der Waals surface area contributed by atoms with Crippen molar-refractivity contribution in [3.63, 3.8) is 0 Å². The van der Waals surface area contributed by atoms with E-state index >= 15 is 0 Å². The lowest BCUT2D eigenvalue weighted by molar-refractivity contribution is -0.133. The first-order valence-electron chi connectivity index (χ1n) is 8.77. The van der Waals surface area contributed by atoms with Crippen LogP contribution in [0.4, 0.5) is 5.69 Å². The summed E-state index contributed by atoms with van der Waals surface area (Å²) in [5.41, 5.74) is 2.29. The van der Waals surface area contributed by atoms with Gasteiger partial charge in [0, 0.05) is 39.3 Å². The number of nitrogens with zero attached hydrogens (tertiary/aromatic N) is 2. The van der Waals surface area contributed by atoms with Crippen LogP contribution in [-0.4, -0.2) is 43.4 Å². The molecule has 0 aromatic heterocycles. The van der Waals surface area contributed by atoms with E-state index in [2.05, 4.69) is 41.5 Å². The molecule has 2 amide bonds. The number of likely N-dealkylation sites (N-methyl/N-ethyl adjacent to an activating group) is 1. The van der Waals surface area contributed by atoms with Crippen LogP contribution in [-0.2, 0) is 16.1 Å². The van der Waals surface area contributed by atoms with Gasteiger partial charge in [-0.25, -0.2) is 0 Å². The third-order valence-corrected chi connectivity index (χ3v) is 4.87. The Morgan fingerprint density at radius 3 is 2.29 bits per heavy atom. The molecule has 2 rings (SSSR count). The van der Waals surface area contributed by atoms with Crippen molar-refractivity contribution in [2.45, 2.75) is 51.6 Å². The highest BCUT2D eigenvalue weighted by Crippen LogP contribution is 2.26. The molecule has 1 fully saturated rings. The topological polar surface area (TPSA) is 52.7 Å². The Hall–Kier alpha value is -2.04. The zero-order valence-corrected chi connectivity index (χ0v) is 15.0. The molecule has 0 heterocycles. The van der Waals surface area contributed by atoms with Crippen LogP contribution < -0.4 is 10.2 Å². The van der Waals surface area contributed by atoms with Crippen LogP contribution in [0.2, 0.25) is 0 Å². The Labute approximate surface area is 145 Å². The average molecular weight is 331 g/mol. The highest BCUT2D eigenvalue weighted by atomic mass is 16.2. The lowest BCUT2D eigenvalue weighted by Crippen LogP contribution is -2.37. The molecule has 132 valence electrons. The summed E-state index contributed by atoms with van der Waals surface area (Å²) >= 11 is 0. The minimum atomic E-state index is -0.142. The molecule has 0 saturated heterocycles. The van der Waals surface area contributed by atoms with Crippen LogP contribution in [0.3, 0.4) is 0 Å². The van der Waals surface area contributed by atoms with Crippen LogP contribution >= 0.6 is 0 Å². The van der Waals surface area contributed by atoms with Gasteiger partial charge in [0.1, 0.15) is 0 Å². The Balaban J connectivity index is 1.83. The molecule has 0 bridgehead atoms. The molecule has 0 unspecified atom stereocenters. The first-order valence-corrected chi connectivity index (χ1v) is 8.77. The summed E-state index contributed by atoms with van der Waals surface area (Å²) in [4.78, 5) is 26.7. The third-order valence-electron chi connectivity index (χ3n) is 4.87. The lowest BCUT2D eigenvalue weighted by atomic mass is 9.94. The number of benzene rings is 1. The van der Waals surface area contributed by atoms with Crippen LogP contribution in [0, 0.1) is 0 Å². The molecule has 1 aromatic rings. The molecule has 1 aliphatic rings. The average Bonchev–Trinajstić information content (AvgIpc) is 2.60. The summed E-state index contributed by atoms with van der Waals surface area (Å²) < 4.78 is 0. The summed E-state index contributed by atoms with van der Waals surface area (Å²) in [6.45, 7) is 2.03. The number of amides is 2. The van der Waals surface area contributed by atoms with E-state index in [0.29, 0.717) is 12.6 Å². The largest absolute Gasteiger partial charge is 0.372 e. The van der Waals surface area contributed by atoms with Crippen molar-refractivity contribution in [1.29, 1.82) is 0 Å². The maximum Gasteiger partial charge on any atom is 0.239 e. The predicted molar refractivity (Wildman–Crippen MR) is 96.9 cm³/mol. The Morgan fingerprint density at radius 2 is 1.71 bits per heavy atom. The van der Waals surface area contributed by atoms with E-state index in [4.69, 9.17) is 0 Å². The smallest absolute Gasteiger partial charge is 0.239 e. The van der Waals surface area contributed by atoms with Gasteiger partial charge in [0.2, 0.25) is 11.8 Å². The molecule has 5 nitrogen and oxygen atoms in total. The van der Waals surface area contributed by atoms with Gasteiger partial charge in [-0.3, -0.25) is 9.59 Å². The van der Waals surface area contributed by atoms with Crippen molar-refractivity contribution in [3.8, 4) is 0 Å². The first kappa shape index (κ1) is 18.3. The first-order chi connectivity index (χ1) is 11.5. The fraction of sp³-hybridized carbons (Fsp3) is 0.579. The van der Waals surface area contributed by atoms with Gasteiger partial charge >= 0.3 is 0 Å². The van der Waals surface area contributed by atoms with E-state index < -0.39 is 0 Å². The van der Waals surface area contributed by atoms with Crippen LogP contribution in [0.5, 0.6) is 0 Å². The molecular formula is C19H29N3O2. The standard InChI is InChI=1S/C19H29N3O2/c1-15(23)21(2)14-19(24)20-13-16-9-11-18(12-10-16)22(3)17-7-5-4-6-8-17/h9-12,17H,4-8,13-14H2,1-3H3,(H,20,24). The molecule has 0 radical (unpaired) electrons. The zero-order valence-electron chi connectivity index (χ0n) is 15.0. The number of rotatable bonds is 6. The fourth-order valence-electron chi connectivity index (χ4n) is 3.11. The second-order valence-corrected chi connectivity index (χ2v) is 6.72. The minimum Gasteiger partial charge on any atom is -0.372 e. The third kappa shape index (κ3) is 5.25. The minimum absolute atomic E-state index is 0.0951. The molecule has 1 N–H and O–H groups in total. The summed E-state index contributed by atoms with van der Waals surface area (Å²) in [5.74, 6) is -0.253. The fourth-order valence-corrected chi connectivity index (χ4v) is 3.11. The van der Waals surface area contributed by atoms with Gasteiger partial charge in [-0.1, -0.05) is 31.4 Å². The molecule has 5 heteroatoms. The summed E-state index contributed by atoms with van der Waals surface area (Å²) in [6, 6.07) is 9.01. The highest BCUT2D eigenvalue weighted by Gasteiger charge is 2.18. The molecule has 24 heavy (non-hydrogen) atoms. The molecule has 1 aliphatic carbocycles. The molecule has 1 aromatic carbocycles. The van der Waals surface area contributed by atoms with Gasteiger partial charge in [0.05, 0.1) is 6.54 Å². The van der Waals surface area contributed by atoms with E-state index in [-0.39, 0.29) is 18.4 Å². The predicted octanol–water partition coefficient (Wildman–Crippen LogP) is 2.55. The molecular weight excluding hydrogens is 302 g/mol. The quantitative estimate of drug-likeness (QED) is 0.871. The van der Waals surface area contributed by atoms with Crippen molar-refractivity contribution in [2.24, 2.45) is 0 Å². The maximum atomic E-state index is 11.8. The molecule has 0 aliphatic heterocycles. The van der Waals surface area contributed by atoms with E-state index in [1.54, 1.807) is 7.05 Å². The van der Waals surface area contributed by atoms with Crippen LogP contribution in [0.1, 0.15) is 44.6 Å². The van der Waals surface area contributed by atoms with Gasteiger partial charge in [0.25, 0.3) is 0 Å². The van der Waals surface area contributed by atoms with E-state index in [1.165, 1.54) is 49.6 Å². The summed E-state index contributed by atoms with van der Waals surface area (Å²) in [6.07, 6.45) is 6.57. The van der Waals surface area contributed by atoms with Gasteiger partial charge in [0.15, 0.2) is 0 Å². The zero-order chi connectivity index (χ0) is 17.5. The monoisotopic (exact) mass is 331 g/mol. The molecule has 1 saturated carbocycles.